The van der Waals surface area contributed by atoms with Gasteiger partial charge in [0.25, 0.3) is 0 Å². The molecule has 0 radical (unpaired) electrons. The van der Waals surface area contributed by atoms with Crippen LogP contribution in [0, 0.1) is 0 Å². The predicted molar refractivity (Wildman–Crippen MR) is 66.4 cm³/mol. The zero-order valence-corrected chi connectivity index (χ0v) is 10.9. The summed E-state index contributed by atoms with van der Waals surface area (Å²) in [5, 5.41) is 0. The maximum Gasteiger partial charge on any atom is 0.228 e. The lowest BCUT2D eigenvalue weighted by molar-refractivity contribution is 0.232. The Morgan fingerprint density at radius 2 is 2.12 bits per heavy atom. The third-order valence-electron chi connectivity index (χ3n) is 2.17. The van der Waals surface area contributed by atoms with Crippen molar-refractivity contribution in [3.8, 4) is 5.88 Å². The normalized spacial score (nSPS) is 12.6. The molecule has 0 spiro atoms. The molecule has 1 rings (SSSR count). The van der Waals surface area contributed by atoms with E-state index in [0.29, 0.717) is 17.7 Å². The zero-order valence-electron chi connectivity index (χ0n) is 10.1. The maximum absolute atomic E-state index is 5.79. The second kappa shape index (κ2) is 5.89. The largest absolute Gasteiger partial charge is 0.475 e. The minimum atomic E-state index is 0.110. The summed E-state index contributed by atoms with van der Waals surface area (Å²) in [6.45, 7) is 5.95. The quantitative estimate of drug-likeness (QED) is 0.744. The van der Waals surface area contributed by atoms with Gasteiger partial charge in [-0.1, -0.05) is 0 Å². The van der Waals surface area contributed by atoms with Crippen molar-refractivity contribution in [3.63, 3.8) is 0 Å². The van der Waals surface area contributed by atoms with Gasteiger partial charge in [-0.3, -0.25) is 0 Å². The minimum Gasteiger partial charge on any atom is -0.475 e. The minimum absolute atomic E-state index is 0.110. The van der Waals surface area contributed by atoms with E-state index in [2.05, 4.69) is 9.97 Å². The number of halogens is 1. The van der Waals surface area contributed by atoms with E-state index in [4.69, 9.17) is 16.3 Å². The van der Waals surface area contributed by atoms with Gasteiger partial charge in [0.2, 0.25) is 11.8 Å². The van der Waals surface area contributed by atoms with Gasteiger partial charge in [0, 0.05) is 31.2 Å². The second-order valence-corrected chi connectivity index (χ2v) is 4.28. The first-order valence-electron chi connectivity index (χ1n) is 5.33. The highest BCUT2D eigenvalue weighted by Crippen LogP contribution is 2.14. The van der Waals surface area contributed by atoms with Crippen LogP contribution in [0.5, 0.6) is 5.88 Å². The Kier molecular flexibility index (Phi) is 4.80. The summed E-state index contributed by atoms with van der Waals surface area (Å²) in [6, 6.07) is 1.94. The van der Waals surface area contributed by atoms with Crippen LogP contribution in [0.3, 0.4) is 0 Å². The third kappa shape index (κ3) is 3.52. The van der Waals surface area contributed by atoms with Crippen LogP contribution < -0.4 is 9.64 Å². The van der Waals surface area contributed by atoms with Crippen LogP contribution in [0.25, 0.3) is 0 Å². The number of ether oxygens (including phenoxy) is 1. The van der Waals surface area contributed by atoms with Gasteiger partial charge in [0.1, 0.15) is 0 Å². The average Bonchev–Trinajstić information content (AvgIpc) is 2.26. The number of hydrogen-bond acceptors (Lipinski definition) is 4. The standard InChI is InChI=1S/C11H18ClN3O/c1-8(2)16-10-5-6-13-11(14-10)15(4)9(3)7-12/h5-6,8-9H,7H2,1-4H3. The molecule has 1 unspecified atom stereocenters. The molecule has 0 saturated heterocycles. The molecule has 0 aliphatic carbocycles. The number of nitrogens with zero attached hydrogens (tertiary/aromatic N) is 3. The molecule has 0 aromatic carbocycles. The fourth-order valence-electron chi connectivity index (χ4n) is 1.11. The first-order valence-corrected chi connectivity index (χ1v) is 5.86. The smallest absolute Gasteiger partial charge is 0.228 e. The predicted octanol–water partition coefficient (Wildman–Crippen LogP) is 2.33. The first kappa shape index (κ1) is 13.0. The Bertz CT molecular complexity index is 333. The van der Waals surface area contributed by atoms with E-state index < -0.39 is 0 Å². The van der Waals surface area contributed by atoms with E-state index in [1.807, 2.05) is 32.7 Å². The molecule has 0 aliphatic rings. The average molecular weight is 244 g/mol. The molecule has 1 heterocycles. The Hall–Kier alpha value is -1.03. The van der Waals surface area contributed by atoms with Gasteiger partial charge in [-0.05, 0) is 20.8 Å². The van der Waals surface area contributed by atoms with E-state index in [1.54, 1.807) is 12.3 Å². The summed E-state index contributed by atoms with van der Waals surface area (Å²) in [5.41, 5.74) is 0. The van der Waals surface area contributed by atoms with Crippen LogP contribution in [0.2, 0.25) is 0 Å². The SMILES string of the molecule is CC(C)Oc1ccnc(N(C)C(C)CCl)n1. The van der Waals surface area contributed by atoms with Crippen LogP contribution in [0.4, 0.5) is 5.95 Å². The molecule has 0 aliphatic heterocycles. The van der Waals surface area contributed by atoms with E-state index in [0.717, 1.165) is 0 Å². The lowest BCUT2D eigenvalue weighted by Gasteiger charge is -2.23. The summed E-state index contributed by atoms with van der Waals surface area (Å²) < 4.78 is 5.51. The molecule has 0 fully saturated rings. The van der Waals surface area contributed by atoms with E-state index >= 15 is 0 Å². The summed E-state index contributed by atoms with van der Waals surface area (Å²) in [7, 11) is 1.92. The van der Waals surface area contributed by atoms with Crippen molar-refractivity contribution in [1.82, 2.24) is 9.97 Å². The third-order valence-corrected chi connectivity index (χ3v) is 2.62. The number of anilines is 1. The Balaban J connectivity index is 2.81. The Morgan fingerprint density at radius 3 is 2.69 bits per heavy atom. The Morgan fingerprint density at radius 1 is 1.44 bits per heavy atom. The molecular weight excluding hydrogens is 226 g/mol. The fraction of sp³-hybridized carbons (Fsp3) is 0.636. The molecule has 5 heteroatoms. The number of alkyl halides is 1. The van der Waals surface area contributed by atoms with Crippen molar-refractivity contribution in [1.29, 1.82) is 0 Å². The highest BCUT2D eigenvalue weighted by atomic mass is 35.5. The van der Waals surface area contributed by atoms with Gasteiger partial charge in [0.15, 0.2) is 0 Å². The molecule has 0 N–H and O–H groups in total. The van der Waals surface area contributed by atoms with Crippen molar-refractivity contribution in [2.45, 2.75) is 32.9 Å². The fourth-order valence-corrected chi connectivity index (χ4v) is 1.32. The first-order chi connectivity index (χ1) is 7.54. The second-order valence-electron chi connectivity index (χ2n) is 3.98. The molecule has 0 bridgehead atoms. The lowest BCUT2D eigenvalue weighted by atomic mass is 10.3. The van der Waals surface area contributed by atoms with Gasteiger partial charge < -0.3 is 9.64 Å². The van der Waals surface area contributed by atoms with Crippen LogP contribution in [-0.4, -0.2) is 35.0 Å². The molecule has 0 saturated carbocycles. The van der Waals surface area contributed by atoms with Crippen molar-refractivity contribution in [3.05, 3.63) is 12.3 Å². The van der Waals surface area contributed by atoms with Gasteiger partial charge in [-0.2, -0.15) is 4.98 Å². The van der Waals surface area contributed by atoms with E-state index in [-0.39, 0.29) is 12.1 Å². The van der Waals surface area contributed by atoms with Gasteiger partial charge >= 0.3 is 0 Å². The summed E-state index contributed by atoms with van der Waals surface area (Å²) in [6.07, 6.45) is 1.80. The van der Waals surface area contributed by atoms with E-state index in [9.17, 15) is 0 Å². The Labute approximate surface area is 102 Å². The van der Waals surface area contributed by atoms with Crippen LogP contribution in [-0.2, 0) is 0 Å². The molecule has 0 amide bonds. The van der Waals surface area contributed by atoms with Crippen LogP contribution in [0.1, 0.15) is 20.8 Å². The molecule has 90 valence electrons. The molecule has 1 aromatic rings. The lowest BCUT2D eigenvalue weighted by Crippen LogP contribution is -2.31. The highest BCUT2D eigenvalue weighted by molar-refractivity contribution is 6.18. The number of hydrogen-bond donors (Lipinski definition) is 0. The number of aromatic nitrogens is 2. The number of rotatable bonds is 5. The molecule has 16 heavy (non-hydrogen) atoms. The van der Waals surface area contributed by atoms with Crippen molar-refractivity contribution in [2.75, 3.05) is 17.8 Å². The van der Waals surface area contributed by atoms with E-state index in [1.165, 1.54) is 0 Å². The van der Waals surface area contributed by atoms with Crippen molar-refractivity contribution < 1.29 is 4.74 Å². The van der Waals surface area contributed by atoms with Gasteiger partial charge in [-0.25, -0.2) is 4.98 Å². The van der Waals surface area contributed by atoms with Crippen LogP contribution >= 0.6 is 11.6 Å². The summed E-state index contributed by atoms with van der Waals surface area (Å²) in [5.74, 6) is 1.76. The summed E-state index contributed by atoms with van der Waals surface area (Å²) >= 11 is 5.79. The maximum atomic E-state index is 5.79. The van der Waals surface area contributed by atoms with Crippen LogP contribution in [0.15, 0.2) is 12.3 Å². The zero-order chi connectivity index (χ0) is 12.1. The highest BCUT2D eigenvalue weighted by Gasteiger charge is 2.12. The molecule has 1 atom stereocenters. The van der Waals surface area contributed by atoms with Crippen molar-refractivity contribution >= 4 is 17.5 Å². The van der Waals surface area contributed by atoms with Gasteiger partial charge in [0.05, 0.1) is 6.10 Å². The molecular formula is C11H18ClN3O. The molecule has 4 nitrogen and oxygen atoms in total. The topological polar surface area (TPSA) is 38.2 Å². The van der Waals surface area contributed by atoms with Gasteiger partial charge in [-0.15, -0.1) is 11.6 Å². The van der Waals surface area contributed by atoms with Crippen molar-refractivity contribution in [2.24, 2.45) is 0 Å². The monoisotopic (exact) mass is 243 g/mol. The molecule has 1 aromatic heterocycles. The summed E-state index contributed by atoms with van der Waals surface area (Å²) in [4.78, 5) is 10.4.